The van der Waals surface area contributed by atoms with Crippen molar-refractivity contribution in [1.29, 1.82) is 0 Å². The molecule has 1 aromatic carbocycles. The van der Waals surface area contributed by atoms with Gasteiger partial charge in [-0.25, -0.2) is 4.68 Å². The quantitative estimate of drug-likeness (QED) is 0.857. The molecule has 2 N–H and O–H groups in total. The van der Waals surface area contributed by atoms with Gasteiger partial charge in [-0.15, -0.1) is 0 Å². The Labute approximate surface area is 113 Å². The van der Waals surface area contributed by atoms with E-state index in [-0.39, 0.29) is 18.9 Å². The van der Waals surface area contributed by atoms with Gasteiger partial charge in [0.25, 0.3) is 5.56 Å². The Morgan fingerprint density at radius 2 is 2.05 bits per heavy atom. The van der Waals surface area contributed by atoms with Crippen molar-refractivity contribution in [2.45, 2.75) is 6.54 Å². The topological polar surface area (TPSA) is 96.4 Å². The van der Waals surface area contributed by atoms with Crippen LogP contribution in [0.5, 0.6) is 11.5 Å². The van der Waals surface area contributed by atoms with Crippen LogP contribution in [0.15, 0.2) is 35.1 Å². The molecule has 7 heteroatoms. The first-order valence-corrected chi connectivity index (χ1v) is 5.90. The first-order valence-electron chi connectivity index (χ1n) is 5.90. The third-order valence-corrected chi connectivity index (χ3v) is 2.84. The minimum absolute atomic E-state index is 0.188. The van der Waals surface area contributed by atoms with Gasteiger partial charge in [-0.3, -0.25) is 9.59 Å². The zero-order chi connectivity index (χ0) is 14.1. The molecule has 1 aliphatic rings. The molecule has 0 atom stereocenters. The van der Waals surface area contributed by atoms with Gasteiger partial charge in [0.05, 0.1) is 5.69 Å². The monoisotopic (exact) mass is 273 g/mol. The highest BCUT2D eigenvalue weighted by Gasteiger charge is 2.14. The summed E-state index contributed by atoms with van der Waals surface area (Å²) in [4.78, 5) is 22.5. The van der Waals surface area contributed by atoms with Gasteiger partial charge < -0.3 is 15.2 Å². The van der Waals surface area contributed by atoms with Gasteiger partial charge in [0.2, 0.25) is 12.7 Å². The summed E-state index contributed by atoms with van der Waals surface area (Å²) < 4.78 is 11.5. The molecule has 0 bridgehead atoms. The lowest BCUT2D eigenvalue weighted by molar-refractivity contribution is -0.118. The van der Waals surface area contributed by atoms with E-state index >= 15 is 0 Å². The van der Waals surface area contributed by atoms with E-state index in [4.69, 9.17) is 15.2 Å². The fourth-order valence-electron chi connectivity index (χ4n) is 1.92. The Morgan fingerprint density at radius 3 is 2.85 bits per heavy atom. The number of aromatic nitrogens is 2. The molecule has 20 heavy (non-hydrogen) atoms. The molecular formula is C13H11N3O4. The minimum Gasteiger partial charge on any atom is -0.454 e. The number of hydrogen-bond acceptors (Lipinski definition) is 5. The first-order chi connectivity index (χ1) is 9.63. The number of nitrogens with zero attached hydrogens (tertiary/aromatic N) is 2. The molecule has 102 valence electrons. The second-order valence-corrected chi connectivity index (χ2v) is 4.25. The molecule has 0 saturated carbocycles. The minimum atomic E-state index is -0.623. The fourth-order valence-corrected chi connectivity index (χ4v) is 1.92. The van der Waals surface area contributed by atoms with E-state index in [1.54, 1.807) is 24.3 Å². The maximum absolute atomic E-state index is 11.6. The second-order valence-electron chi connectivity index (χ2n) is 4.25. The lowest BCUT2D eigenvalue weighted by atomic mass is 10.1. The molecule has 0 spiro atoms. The van der Waals surface area contributed by atoms with Crippen LogP contribution in [0.1, 0.15) is 0 Å². The highest BCUT2D eigenvalue weighted by atomic mass is 16.7. The number of primary amides is 1. The lowest BCUT2D eigenvalue weighted by Crippen LogP contribution is -2.29. The zero-order valence-electron chi connectivity index (χ0n) is 10.4. The molecule has 1 amide bonds. The maximum Gasteiger partial charge on any atom is 0.267 e. The number of fused-ring (bicyclic) bond motifs is 1. The Hall–Kier alpha value is -2.83. The molecule has 0 aliphatic carbocycles. The fraction of sp³-hybridized carbons (Fsp3) is 0.154. The number of hydrogen-bond donors (Lipinski definition) is 1. The van der Waals surface area contributed by atoms with Crippen LogP contribution >= 0.6 is 0 Å². The number of carbonyl (C=O) groups excluding carboxylic acids is 1. The molecule has 0 fully saturated rings. The van der Waals surface area contributed by atoms with Gasteiger partial charge in [-0.1, -0.05) is 0 Å². The smallest absolute Gasteiger partial charge is 0.267 e. The van der Waals surface area contributed by atoms with Crippen molar-refractivity contribution in [3.8, 4) is 22.8 Å². The SMILES string of the molecule is NC(=O)Cn1nc(-c2ccc3c(c2)OCO3)ccc1=O. The van der Waals surface area contributed by atoms with Crippen LogP contribution in [-0.2, 0) is 11.3 Å². The van der Waals surface area contributed by atoms with Crippen molar-refractivity contribution >= 4 is 5.91 Å². The van der Waals surface area contributed by atoms with E-state index in [1.807, 2.05) is 0 Å². The van der Waals surface area contributed by atoms with Gasteiger partial charge in [0, 0.05) is 11.6 Å². The number of benzene rings is 1. The summed E-state index contributed by atoms with van der Waals surface area (Å²) in [5.74, 6) is 0.665. The normalized spacial score (nSPS) is 12.4. The van der Waals surface area contributed by atoms with E-state index < -0.39 is 5.91 Å². The van der Waals surface area contributed by atoms with Crippen molar-refractivity contribution in [3.63, 3.8) is 0 Å². The average molecular weight is 273 g/mol. The molecule has 1 aromatic heterocycles. The van der Waals surface area contributed by atoms with Crippen LogP contribution in [0.3, 0.4) is 0 Å². The molecule has 3 rings (SSSR count). The van der Waals surface area contributed by atoms with E-state index in [1.165, 1.54) is 6.07 Å². The zero-order valence-corrected chi connectivity index (χ0v) is 10.4. The van der Waals surface area contributed by atoms with E-state index in [0.717, 1.165) is 10.2 Å². The van der Waals surface area contributed by atoms with E-state index in [2.05, 4.69) is 5.10 Å². The molecule has 0 unspecified atom stereocenters. The summed E-state index contributed by atoms with van der Waals surface area (Å²) in [5, 5.41) is 4.12. The standard InChI is InChI=1S/C13H11N3O4/c14-12(17)6-16-13(18)4-2-9(15-16)8-1-3-10-11(5-8)20-7-19-10/h1-5H,6-7H2,(H2,14,17). The molecule has 0 saturated heterocycles. The second kappa shape index (κ2) is 4.69. The van der Waals surface area contributed by atoms with Crippen molar-refractivity contribution in [2.24, 2.45) is 5.73 Å². The summed E-state index contributed by atoms with van der Waals surface area (Å²) in [6.07, 6.45) is 0. The highest BCUT2D eigenvalue weighted by Crippen LogP contribution is 2.35. The Morgan fingerprint density at radius 1 is 1.25 bits per heavy atom. The van der Waals surface area contributed by atoms with Crippen molar-refractivity contribution in [1.82, 2.24) is 9.78 Å². The number of carbonyl (C=O) groups is 1. The van der Waals surface area contributed by atoms with Crippen LogP contribution < -0.4 is 20.8 Å². The molecule has 0 radical (unpaired) electrons. The van der Waals surface area contributed by atoms with Crippen LogP contribution in [0.4, 0.5) is 0 Å². The maximum atomic E-state index is 11.6. The summed E-state index contributed by atoms with van der Waals surface area (Å²) in [6.45, 7) is -0.0649. The van der Waals surface area contributed by atoms with Crippen molar-refractivity contribution in [2.75, 3.05) is 6.79 Å². The third kappa shape index (κ3) is 2.20. The van der Waals surface area contributed by atoms with Gasteiger partial charge in [0.15, 0.2) is 11.5 Å². The predicted octanol–water partition coefficient (Wildman–Crippen LogP) is 0.124. The highest BCUT2D eigenvalue weighted by molar-refractivity contribution is 5.73. The number of ether oxygens (including phenoxy) is 2. The average Bonchev–Trinajstić information content (AvgIpc) is 2.88. The van der Waals surface area contributed by atoms with Crippen molar-refractivity contribution in [3.05, 3.63) is 40.7 Å². The number of nitrogens with two attached hydrogens (primary N) is 1. The van der Waals surface area contributed by atoms with E-state index in [9.17, 15) is 9.59 Å². The van der Waals surface area contributed by atoms with Gasteiger partial charge in [-0.05, 0) is 24.3 Å². The summed E-state index contributed by atoms with van der Waals surface area (Å²) >= 11 is 0. The lowest BCUT2D eigenvalue weighted by Gasteiger charge is -2.06. The first kappa shape index (κ1) is 12.2. The van der Waals surface area contributed by atoms with Gasteiger partial charge in [0.1, 0.15) is 6.54 Å². The number of rotatable bonds is 3. The molecule has 7 nitrogen and oxygen atoms in total. The van der Waals surface area contributed by atoms with Crippen molar-refractivity contribution < 1.29 is 14.3 Å². The Balaban J connectivity index is 2.02. The van der Waals surface area contributed by atoms with Gasteiger partial charge in [-0.2, -0.15) is 5.10 Å². The van der Waals surface area contributed by atoms with E-state index in [0.29, 0.717) is 17.2 Å². The predicted molar refractivity (Wildman–Crippen MR) is 69.3 cm³/mol. The number of amides is 1. The molecule has 2 aromatic rings. The van der Waals surface area contributed by atoms with Crippen LogP contribution in [0, 0.1) is 0 Å². The molecule has 2 heterocycles. The Kier molecular flexibility index (Phi) is 2.86. The largest absolute Gasteiger partial charge is 0.454 e. The molecular weight excluding hydrogens is 262 g/mol. The van der Waals surface area contributed by atoms with Crippen LogP contribution in [-0.4, -0.2) is 22.5 Å². The third-order valence-electron chi connectivity index (χ3n) is 2.84. The summed E-state index contributed by atoms with van der Waals surface area (Å²) in [6, 6.07) is 8.26. The van der Waals surface area contributed by atoms with Crippen LogP contribution in [0.25, 0.3) is 11.3 Å². The Bertz CT molecular complexity index is 739. The van der Waals surface area contributed by atoms with Gasteiger partial charge >= 0.3 is 0 Å². The summed E-state index contributed by atoms with van der Waals surface area (Å²) in [5.41, 5.74) is 6.00. The van der Waals surface area contributed by atoms with Crippen LogP contribution in [0.2, 0.25) is 0 Å². The summed E-state index contributed by atoms with van der Waals surface area (Å²) in [7, 11) is 0. The molecule has 1 aliphatic heterocycles.